The summed E-state index contributed by atoms with van der Waals surface area (Å²) in [5, 5.41) is 13.1. The number of aliphatic hydroxyl groups excluding tert-OH is 1. The normalized spacial score (nSPS) is 15.4. The topological polar surface area (TPSA) is 32.3 Å². The first-order chi connectivity index (χ1) is 6.74. The molecular weight excluding hydrogens is 194 g/mol. The summed E-state index contributed by atoms with van der Waals surface area (Å²) in [6, 6.07) is 0.485. The van der Waals surface area contributed by atoms with E-state index in [2.05, 4.69) is 26.1 Å². The Bertz CT molecular complexity index is 122. The summed E-state index contributed by atoms with van der Waals surface area (Å²) in [6.07, 6.45) is 3.27. The lowest BCUT2D eigenvalue weighted by molar-refractivity contribution is 0.270. The summed E-state index contributed by atoms with van der Waals surface area (Å²) < 4.78 is 0. The monoisotopic (exact) mass is 219 g/mol. The summed E-state index contributed by atoms with van der Waals surface area (Å²) in [6.45, 7) is 8.01. The molecule has 0 aliphatic heterocycles. The number of hydrogen-bond donors (Lipinski definition) is 2. The van der Waals surface area contributed by atoms with E-state index in [4.69, 9.17) is 5.11 Å². The second-order valence-corrected chi connectivity index (χ2v) is 5.19. The van der Waals surface area contributed by atoms with Gasteiger partial charge in [-0.25, -0.2) is 0 Å². The fraction of sp³-hybridized carbons (Fsp3) is 1.00. The zero-order valence-electron chi connectivity index (χ0n) is 9.75. The molecule has 3 heteroatoms. The average Bonchev–Trinajstić information content (AvgIpc) is 2.21. The Kier molecular flexibility index (Phi) is 10.0. The second kappa shape index (κ2) is 9.81. The summed E-state index contributed by atoms with van der Waals surface area (Å²) in [5.41, 5.74) is 0. The summed E-state index contributed by atoms with van der Waals surface area (Å²) >= 11 is 2.00. The maximum absolute atomic E-state index is 8.91. The molecule has 2 unspecified atom stereocenters. The van der Waals surface area contributed by atoms with Gasteiger partial charge in [-0.1, -0.05) is 20.8 Å². The van der Waals surface area contributed by atoms with Crippen molar-refractivity contribution in [1.29, 1.82) is 0 Å². The fourth-order valence-corrected chi connectivity index (χ4v) is 2.23. The lowest BCUT2D eigenvalue weighted by Crippen LogP contribution is -2.33. The molecule has 0 rings (SSSR count). The first-order valence-electron chi connectivity index (χ1n) is 5.70. The van der Waals surface area contributed by atoms with E-state index in [1.54, 1.807) is 0 Å². The predicted molar refractivity (Wildman–Crippen MR) is 66.0 cm³/mol. The van der Waals surface area contributed by atoms with E-state index in [0.29, 0.717) is 12.6 Å². The third-order valence-corrected chi connectivity index (χ3v) is 3.81. The molecule has 14 heavy (non-hydrogen) atoms. The van der Waals surface area contributed by atoms with Crippen LogP contribution in [-0.2, 0) is 0 Å². The highest BCUT2D eigenvalue weighted by molar-refractivity contribution is 7.99. The highest BCUT2D eigenvalue weighted by Gasteiger charge is 2.08. The molecule has 0 fully saturated rings. The molecule has 0 amide bonds. The van der Waals surface area contributed by atoms with Crippen LogP contribution in [0.4, 0.5) is 0 Å². The van der Waals surface area contributed by atoms with Gasteiger partial charge in [-0.15, -0.1) is 0 Å². The Balaban J connectivity index is 3.60. The molecule has 2 nitrogen and oxygen atoms in total. The summed E-state index contributed by atoms with van der Waals surface area (Å²) in [7, 11) is 0. The van der Waals surface area contributed by atoms with Gasteiger partial charge in [0.25, 0.3) is 0 Å². The number of rotatable bonds is 9. The standard InChI is InChI=1S/C11H25NOS/c1-4-7-12-11(6-8-13)9-14-10(3)5-2/h10-13H,4-9H2,1-3H3. The van der Waals surface area contributed by atoms with Gasteiger partial charge in [0.1, 0.15) is 0 Å². The van der Waals surface area contributed by atoms with Gasteiger partial charge in [0, 0.05) is 23.7 Å². The van der Waals surface area contributed by atoms with Crippen molar-refractivity contribution in [1.82, 2.24) is 5.32 Å². The van der Waals surface area contributed by atoms with E-state index >= 15 is 0 Å². The first kappa shape index (κ1) is 14.3. The minimum atomic E-state index is 0.294. The number of thioether (sulfide) groups is 1. The van der Waals surface area contributed by atoms with E-state index < -0.39 is 0 Å². The molecule has 0 aromatic heterocycles. The molecule has 0 bridgehead atoms. The van der Waals surface area contributed by atoms with Gasteiger partial charge in [-0.2, -0.15) is 11.8 Å². The smallest absolute Gasteiger partial charge is 0.0446 e. The van der Waals surface area contributed by atoms with Crippen molar-refractivity contribution in [2.75, 3.05) is 18.9 Å². The fourth-order valence-electron chi connectivity index (χ4n) is 1.15. The molecule has 0 aliphatic rings. The predicted octanol–water partition coefficient (Wildman–Crippen LogP) is 2.27. The van der Waals surface area contributed by atoms with Gasteiger partial charge in [0.05, 0.1) is 0 Å². The van der Waals surface area contributed by atoms with Crippen LogP contribution in [0.25, 0.3) is 0 Å². The van der Waals surface area contributed by atoms with Crippen molar-refractivity contribution in [2.45, 2.75) is 51.3 Å². The van der Waals surface area contributed by atoms with Gasteiger partial charge in [0.15, 0.2) is 0 Å². The molecule has 0 radical (unpaired) electrons. The molecule has 0 saturated carbocycles. The van der Waals surface area contributed by atoms with Gasteiger partial charge in [-0.05, 0) is 25.8 Å². The largest absolute Gasteiger partial charge is 0.396 e. The van der Waals surface area contributed by atoms with Crippen LogP contribution in [0, 0.1) is 0 Å². The lowest BCUT2D eigenvalue weighted by Gasteiger charge is -2.18. The molecule has 0 spiro atoms. The maximum Gasteiger partial charge on any atom is 0.0446 e. The molecule has 2 atom stereocenters. The van der Waals surface area contributed by atoms with Crippen molar-refractivity contribution in [3.8, 4) is 0 Å². The molecule has 0 aromatic rings. The zero-order chi connectivity index (χ0) is 10.8. The summed E-state index contributed by atoms with van der Waals surface area (Å²) in [5.74, 6) is 1.12. The Morgan fingerprint density at radius 1 is 1.36 bits per heavy atom. The van der Waals surface area contributed by atoms with Crippen molar-refractivity contribution in [2.24, 2.45) is 0 Å². The van der Waals surface area contributed by atoms with Crippen molar-refractivity contribution in [3.05, 3.63) is 0 Å². The van der Waals surface area contributed by atoms with E-state index in [1.807, 2.05) is 11.8 Å². The molecule has 0 aromatic carbocycles. The third kappa shape index (κ3) is 7.65. The molecule has 0 heterocycles. The minimum absolute atomic E-state index is 0.294. The molecule has 86 valence electrons. The second-order valence-electron chi connectivity index (χ2n) is 3.72. The highest BCUT2D eigenvalue weighted by Crippen LogP contribution is 2.15. The Morgan fingerprint density at radius 3 is 2.57 bits per heavy atom. The Labute approximate surface area is 92.9 Å². The van der Waals surface area contributed by atoms with Gasteiger partial charge < -0.3 is 10.4 Å². The Hall–Kier alpha value is 0.270. The minimum Gasteiger partial charge on any atom is -0.396 e. The van der Waals surface area contributed by atoms with Crippen LogP contribution in [0.5, 0.6) is 0 Å². The van der Waals surface area contributed by atoms with Crippen LogP contribution in [0.15, 0.2) is 0 Å². The lowest BCUT2D eigenvalue weighted by atomic mass is 10.2. The third-order valence-electron chi connectivity index (χ3n) is 2.32. The molecule has 0 aliphatic carbocycles. The van der Waals surface area contributed by atoms with Crippen LogP contribution in [-0.4, -0.2) is 35.3 Å². The molecular formula is C11H25NOS. The van der Waals surface area contributed by atoms with Gasteiger partial charge in [0.2, 0.25) is 0 Å². The van der Waals surface area contributed by atoms with E-state index in [1.165, 1.54) is 6.42 Å². The van der Waals surface area contributed by atoms with E-state index in [9.17, 15) is 0 Å². The number of aliphatic hydroxyl groups is 1. The van der Waals surface area contributed by atoms with E-state index in [0.717, 1.165) is 30.4 Å². The number of nitrogens with one attached hydrogen (secondary N) is 1. The van der Waals surface area contributed by atoms with Crippen LogP contribution < -0.4 is 5.32 Å². The number of hydrogen-bond acceptors (Lipinski definition) is 3. The SMILES string of the molecule is CCCNC(CCO)CSC(C)CC. The van der Waals surface area contributed by atoms with E-state index in [-0.39, 0.29) is 0 Å². The molecule has 0 saturated heterocycles. The maximum atomic E-state index is 8.91. The Morgan fingerprint density at radius 2 is 2.07 bits per heavy atom. The first-order valence-corrected chi connectivity index (χ1v) is 6.75. The zero-order valence-corrected chi connectivity index (χ0v) is 10.6. The van der Waals surface area contributed by atoms with Crippen LogP contribution >= 0.6 is 11.8 Å². The van der Waals surface area contributed by atoms with Gasteiger partial charge >= 0.3 is 0 Å². The summed E-state index contributed by atoms with van der Waals surface area (Å²) in [4.78, 5) is 0. The van der Waals surface area contributed by atoms with Crippen LogP contribution in [0.1, 0.15) is 40.0 Å². The highest BCUT2D eigenvalue weighted by atomic mass is 32.2. The van der Waals surface area contributed by atoms with Crippen LogP contribution in [0.3, 0.4) is 0 Å². The van der Waals surface area contributed by atoms with Crippen LogP contribution in [0.2, 0.25) is 0 Å². The average molecular weight is 219 g/mol. The quantitative estimate of drug-likeness (QED) is 0.624. The van der Waals surface area contributed by atoms with Gasteiger partial charge in [-0.3, -0.25) is 0 Å². The van der Waals surface area contributed by atoms with Crippen molar-refractivity contribution >= 4 is 11.8 Å². The molecule has 2 N–H and O–H groups in total. The van der Waals surface area contributed by atoms with Crippen molar-refractivity contribution < 1.29 is 5.11 Å². The van der Waals surface area contributed by atoms with Crippen molar-refractivity contribution in [3.63, 3.8) is 0 Å².